The smallest absolute Gasteiger partial charge is 0.162 e. The predicted octanol–water partition coefficient (Wildman–Crippen LogP) is 3.12. The molecule has 0 radical (unpaired) electrons. The van der Waals surface area contributed by atoms with Crippen molar-refractivity contribution in [3.63, 3.8) is 0 Å². The van der Waals surface area contributed by atoms with Gasteiger partial charge in [-0.2, -0.15) is 0 Å². The molecule has 0 amide bonds. The summed E-state index contributed by atoms with van der Waals surface area (Å²) in [5.74, 6) is 1.65. The standard InChI is InChI=1S/C15H18N2O2/c1-2-3-6-17-11-16-10-13(17)12-4-5-14-15(9-12)19-8-7-18-14/h4-5,9-11H,2-3,6-8H2,1H3. The predicted molar refractivity (Wildman–Crippen MR) is 73.6 cm³/mol. The molecular weight excluding hydrogens is 240 g/mol. The maximum absolute atomic E-state index is 5.63. The fourth-order valence-electron chi connectivity index (χ4n) is 2.27. The fraction of sp³-hybridized carbons (Fsp3) is 0.400. The number of ether oxygens (including phenoxy) is 2. The molecule has 0 bridgehead atoms. The minimum atomic E-state index is 0.617. The van der Waals surface area contributed by atoms with Gasteiger partial charge in [0.15, 0.2) is 11.5 Å². The van der Waals surface area contributed by atoms with Crippen molar-refractivity contribution in [2.45, 2.75) is 26.3 Å². The normalized spacial score (nSPS) is 13.5. The zero-order valence-corrected chi connectivity index (χ0v) is 11.1. The van der Waals surface area contributed by atoms with Gasteiger partial charge >= 0.3 is 0 Å². The summed E-state index contributed by atoms with van der Waals surface area (Å²) in [6.07, 6.45) is 6.13. The van der Waals surface area contributed by atoms with Gasteiger partial charge in [0, 0.05) is 12.1 Å². The van der Waals surface area contributed by atoms with Crippen LogP contribution in [0.3, 0.4) is 0 Å². The number of unbranched alkanes of at least 4 members (excludes halogenated alkanes) is 1. The van der Waals surface area contributed by atoms with Crippen LogP contribution in [0, 0.1) is 0 Å². The number of fused-ring (bicyclic) bond motifs is 1. The second-order valence-corrected chi connectivity index (χ2v) is 4.68. The van der Waals surface area contributed by atoms with Crippen LogP contribution in [-0.4, -0.2) is 22.8 Å². The van der Waals surface area contributed by atoms with E-state index in [4.69, 9.17) is 9.47 Å². The molecule has 0 saturated heterocycles. The van der Waals surface area contributed by atoms with Crippen LogP contribution in [0.1, 0.15) is 19.8 Å². The Morgan fingerprint density at radius 2 is 2.05 bits per heavy atom. The van der Waals surface area contributed by atoms with E-state index in [2.05, 4.69) is 22.5 Å². The topological polar surface area (TPSA) is 36.3 Å². The maximum atomic E-state index is 5.63. The fourth-order valence-corrected chi connectivity index (χ4v) is 2.27. The summed E-state index contributed by atoms with van der Waals surface area (Å²) in [6, 6.07) is 6.07. The Morgan fingerprint density at radius 1 is 1.21 bits per heavy atom. The van der Waals surface area contributed by atoms with Gasteiger partial charge in [-0.1, -0.05) is 13.3 Å². The number of hydrogen-bond donors (Lipinski definition) is 0. The van der Waals surface area contributed by atoms with Gasteiger partial charge in [-0.3, -0.25) is 0 Å². The summed E-state index contributed by atoms with van der Waals surface area (Å²) >= 11 is 0. The van der Waals surface area contributed by atoms with Gasteiger partial charge in [-0.25, -0.2) is 4.98 Å². The van der Waals surface area contributed by atoms with E-state index in [1.54, 1.807) is 0 Å². The summed E-state index contributed by atoms with van der Waals surface area (Å²) in [5.41, 5.74) is 2.25. The third kappa shape index (κ3) is 2.43. The largest absolute Gasteiger partial charge is 0.486 e. The molecule has 1 aliphatic rings. The maximum Gasteiger partial charge on any atom is 0.162 e. The van der Waals surface area contributed by atoms with E-state index in [9.17, 15) is 0 Å². The van der Waals surface area contributed by atoms with Crippen molar-refractivity contribution in [2.24, 2.45) is 0 Å². The van der Waals surface area contributed by atoms with E-state index in [-0.39, 0.29) is 0 Å². The van der Waals surface area contributed by atoms with Crippen molar-refractivity contribution in [3.05, 3.63) is 30.7 Å². The Balaban J connectivity index is 1.91. The van der Waals surface area contributed by atoms with E-state index in [1.807, 2.05) is 24.7 Å². The molecule has 0 N–H and O–H groups in total. The monoisotopic (exact) mass is 258 g/mol. The van der Waals surface area contributed by atoms with Crippen molar-refractivity contribution < 1.29 is 9.47 Å². The summed E-state index contributed by atoms with van der Waals surface area (Å²) in [6.45, 7) is 4.44. The zero-order valence-electron chi connectivity index (χ0n) is 11.1. The molecule has 4 nitrogen and oxygen atoms in total. The van der Waals surface area contributed by atoms with Crippen molar-refractivity contribution in [1.29, 1.82) is 0 Å². The Kier molecular flexibility index (Phi) is 3.40. The third-order valence-corrected chi connectivity index (χ3v) is 3.30. The summed E-state index contributed by atoms with van der Waals surface area (Å²) in [4.78, 5) is 4.25. The lowest BCUT2D eigenvalue weighted by atomic mass is 10.1. The van der Waals surface area contributed by atoms with Crippen LogP contribution in [0.4, 0.5) is 0 Å². The van der Waals surface area contributed by atoms with Crippen LogP contribution in [0.5, 0.6) is 11.5 Å². The second kappa shape index (κ2) is 5.34. The molecule has 0 unspecified atom stereocenters. The number of nitrogens with zero attached hydrogens (tertiary/aromatic N) is 2. The molecule has 0 fully saturated rings. The average molecular weight is 258 g/mol. The summed E-state index contributed by atoms with van der Waals surface area (Å²) in [7, 11) is 0. The van der Waals surface area contributed by atoms with Crippen molar-refractivity contribution in [3.8, 4) is 22.8 Å². The quantitative estimate of drug-likeness (QED) is 0.845. The first-order valence-electron chi connectivity index (χ1n) is 6.78. The zero-order chi connectivity index (χ0) is 13.1. The van der Waals surface area contributed by atoms with Crippen LogP contribution in [0.2, 0.25) is 0 Å². The first kappa shape index (κ1) is 12.1. The third-order valence-electron chi connectivity index (χ3n) is 3.30. The van der Waals surface area contributed by atoms with Crippen LogP contribution in [0.25, 0.3) is 11.3 Å². The Labute approximate surface area is 113 Å². The second-order valence-electron chi connectivity index (χ2n) is 4.68. The Morgan fingerprint density at radius 3 is 2.89 bits per heavy atom. The van der Waals surface area contributed by atoms with Crippen molar-refractivity contribution >= 4 is 0 Å². The molecule has 4 heteroatoms. The first-order chi connectivity index (χ1) is 9.38. The van der Waals surface area contributed by atoms with E-state index in [0.29, 0.717) is 13.2 Å². The molecule has 1 aliphatic heterocycles. The van der Waals surface area contributed by atoms with Crippen LogP contribution in [-0.2, 0) is 6.54 Å². The molecule has 2 heterocycles. The number of hydrogen-bond acceptors (Lipinski definition) is 3. The minimum Gasteiger partial charge on any atom is -0.486 e. The molecule has 0 saturated carbocycles. The lowest BCUT2D eigenvalue weighted by molar-refractivity contribution is 0.171. The van der Waals surface area contributed by atoms with E-state index in [1.165, 1.54) is 6.42 Å². The first-order valence-corrected chi connectivity index (χ1v) is 6.78. The Hall–Kier alpha value is -1.97. The molecule has 3 rings (SSSR count). The molecule has 2 aromatic rings. The number of rotatable bonds is 4. The minimum absolute atomic E-state index is 0.617. The SMILES string of the molecule is CCCCn1cncc1-c1ccc2c(c1)OCCO2. The van der Waals surface area contributed by atoms with Gasteiger partial charge < -0.3 is 14.0 Å². The van der Waals surface area contributed by atoms with E-state index >= 15 is 0 Å². The van der Waals surface area contributed by atoms with Gasteiger partial charge in [0.2, 0.25) is 0 Å². The molecule has 0 atom stereocenters. The molecular formula is C15H18N2O2. The molecule has 100 valence electrons. The molecule has 0 aliphatic carbocycles. The number of imidazole rings is 1. The summed E-state index contributed by atoms with van der Waals surface area (Å²) < 4.78 is 13.4. The number of benzene rings is 1. The molecule has 1 aromatic heterocycles. The van der Waals surface area contributed by atoms with Gasteiger partial charge in [-0.15, -0.1) is 0 Å². The highest BCUT2D eigenvalue weighted by Gasteiger charge is 2.13. The highest BCUT2D eigenvalue weighted by Crippen LogP contribution is 2.34. The van der Waals surface area contributed by atoms with Gasteiger partial charge in [0.05, 0.1) is 18.2 Å². The highest BCUT2D eigenvalue weighted by molar-refractivity contribution is 5.64. The Bertz CT molecular complexity index is 563. The van der Waals surface area contributed by atoms with Gasteiger partial charge in [-0.05, 0) is 24.6 Å². The summed E-state index contributed by atoms with van der Waals surface area (Å²) in [5, 5.41) is 0. The van der Waals surface area contributed by atoms with Crippen LogP contribution in [0.15, 0.2) is 30.7 Å². The van der Waals surface area contributed by atoms with E-state index < -0.39 is 0 Å². The molecule has 19 heavy (non-hydrogen) atoms. The molecule has 0 spiro atoms. The van der Waals surface area contributed by atoms with Crippen molar-refractivity contribution in [1.82, 2.24) is 9.55 Å². The van der Waals surface area contributed by atoms with Gasteiger partial charge in [0.1, 0.15) is 13.2 Å². The van der Waals surface area contributed by atoms with Crippen molar-refractivity contribution in [2.75, 3.05) is 13.2 Å². The van der Waals surface area contributed by atoms with Gasteiger partial charge in [0.25, 0.3) is 0 Å². The number of aryl methyl sites for hydroxylation is 1. The lowest BCUT2D eigenvalue weighted by Gasteiger charge is -2.19. The van der Waals surface area contributed by atoms with Crippen LogP contribution >= 0.6 is 0 Å². The highest BCUT2D eigenvalue weighted by atomic mass is 16.6. The lowest BCUT2D eigenvalue weighted by Crippen LogP contribution is -2.15. The van der Waals surface area contributed by atoms with E-state index in [0.717, 1.165) is 35.7 Å². The number of aromatic nitrogens is 2. The molecule has 1 aromatic carbocycles. The average Bonchev–Trinajstić information content (AvgIpc) is 2.93. The van der Waals surface area contributed by atoms with Crippen LogP contribution < -0.4 is 9.47 Å².